The highest BCUT2D eigenvalue weighted by Crippen LogP contribution is 2.16. The summed E-state index contributed by atoms with van der Waals surface area (Å²) in [6.45, 7) is 1.80. The molecule has 0 fully saturated rings. The lowest BCUT2D eigenvalue weighted by Crippen LogP contribution is -1.85. The third-order valence-corrected chi connectivity index (χ3v) is 2.16. The van der Waals surface area contributed by atoms with Crippen molar-refractivity contribution < 1.29 is 5.11 Å². The summed E-state index contributed by atoms with van der Waals surface area (Å²) in [5.41, 5.74) is 1.70. The van der Waals surface area contributed by atoms with Crippen LogP contribution in [0.3, 0.4) is 0 Å². The van der Waals surface area contributed by atoms with E-state index >= 15 is 0 Å². The minimum Gasteiger partial charge on any atom is -0.508 e. The number of aliphatic hydroxyl groups excluding tert-OH is 1. The minimum atomic E-state index is 0.267. The highest BCUT2D eigenvalue weighted by Gasteiger charge is 1.99. The van der Waals surface area contributed by atoms with Crippen molar-refractivity contribution in [2.75, 3.05) is 0 Å². The average Bonchev–Trinajstić information content (AvgIpc) is 2.27. The molecule has 1 heterocycles. The van der Waals surface area contributed by atoms with E-state index in [1.165, 1.54) is 0 Å². The van der Waals surface area contributed by atoms with Gasteiger partial charge in [0.15, 0.2) is 0 Å². The molecule has 2 rings (SSSR count). The van der Waals surface area contributed by atoms with Crippen molar-refractivity contribution in [3.05, 3.63) is 48.2 Å². The molecule has 14 heavy (non-hydrogen) atoms. The van der Waals surface area contributed by atoms with Crippen LogP contribution in [0.25, 0.3) is 16.7 Å². The molecule has 0 saturated carbocycles. The van der Waals surface area contributed by atoms with E-state index in [1.54, 1.807) is 19.2 Å². The molecule has 0 aliphatic rings. The maximum absolute atomic E-state index is 9.51. The second-order valence-corrected chi connectivity index (χ2v) is 3.09. The Morgan fingerprint density at radius 3 is 2.93 bits per heavy atom. The van der Waals surface area contributed by atoms with Crippen molar-refractivity contribution in [3.63, 3.8) is 0 Å². The number of benzene rings is 1. The monoisotopic (exact) mass is 185 g/mol. The third-order valence-electron chi connectivity index (χ3n) is 2.16. The molecule has 2 nitrogen and oxygen atoms in total. The van der Waals surface area contributed by atoms with E-state index in [4.69, 9.17) is 0 Å². The van der Waals surface area contributed by atoms with Crippen LogP contribution in [0, 0.1) is 0 Å². The average molecular weight is 185 g/mol. The van der Waals surface area contributed by atoms with Crippen LogP contribution in [0.4, 0.5) is 0 Å². The van der Waals surface area contributed by atoms with Crippen LogP contribution in [0.1, 0.15) is 12.5 Å². The molecule has 0 unspecified atom stereocenters. The van der Waals surface area contributed by atoms with Crippen molar-refractivity contribution in [1.82, 2.24) is 4.98 Å². The fraction of sp³-hybridized carbons (Fsp3) is 0.0833. The number of para-hydroxylation sites is 1. The number of hydrogen-bond acceptors (Lipinski definition) is 2. The Balaban J connectivity index is 2.62. The SMILES string of the molecule is CC=C(O)c1cnc2ccccc2c1. The maximum Gasteiger partial charge on any atom is 0.120 e. The van der Waals surface area contributed by atoms with Gasteiger partial charge in [-0.25, -0.2) is 0 Å². The fourth-order valence-electron chi connectivity index (χ4n) is 1.38. The van der Waals surface area contributed by atoms with E-state index in [-0.39, 0.29) is 5.76 Å². The molecule has 0 radical (unpaired) electrons. The second kappa shape index (κ2) is 3.50. The van der Waals surface area contributed by atoms with Crippen molar-refractivity contribution in [3.8, 4) is 0 Å². The lowest BCUT2D eigenvalue weighted by Gasteiger charge is -2.01. The summed E-state index contributed by atoms with van der Waals surface area (Å²) in [5, 5.41) is 10.6. The zero-order valence-corrected chi connectivity index (χ0v) is 7.94. The van der Waals surface area contributed by atoms with Crippen LogP contribution in [0.5, 0.6) is 0 Å². The number of aliphatic hydroxyl groups is 1. The van der Waals surface area contributed by atoms with E-state index in [0.29, 0.717) is 0 Å². The molecule has 1 N–H and O–H groups in total. The van der Waals surface area contributed by atoms with Gasteiger partial charge in [0.1, 0.15) is 5.76 Å². The minimum absolute atomic E-state index is 0.267. The first-order chi connectivity index (χ1) is 6.81. The summed E-state index contributed by atoms with van der Waals surface area (Å²) in [7, 11) is 0. The zero-order chi connectivity index (χ0) is 9.97. The molecule has 2 heteroatoms. The van der Waals surface area contributed by atoms with Crippen LogP contribution >= 0.6 is 0 Å². The van der Waals surface area contributed by atoms with Gasteiger partial charge in [0.2, 0.25) is 0 Å². The van der Waals surface area contributed by atoms with Crippen LogP contribution in [-0.2, 0) is 0 Å². The Morgan fingerprint density at radius 1 is 1.36 bits per heavy atom. The number of allylic oxidation sites excluding steroid dienone is 1. The van der Waals surface area contributed by atoms with E-state index < -0.39 is 0 Å². The lowest BCUT2D eigenvalue weighted by atomic mass is 10.1. The summed E-state index contributed by atoms with van der Waals surface area (Å²) in [6.07, 6.45) is 3.34. The number of rotatable bonds is 1. The van der Waals surface area contributed by atoms with Crippen molar-refractivity contribution in [2.45, 2.75) is 6.92 Å². The Kier molecular flexibility index (Phi) is 2.19. The van der Waals surface area contributed by atoms with Crippen LogP contribution in [-0.4, -0.2) is 10.1 Å². The van der Waals surface area contributed by atoms with Gasteiger partial charge in [-0.3, -0.25) is 4.98 Å². The maximum atomic E-state index is 9.51. The van der Waals surface area contributed by atoms with Gasteiger partial charge in [0, 0.05) is 17.1 Å². The molecule has 0 amide bonds. The Hall–Kier alpha value is -1.83. The predicted octanol–water partition coefficient (Wildman–Crippen LogP) is 3.15. The van der Waals surface area contributed by atoms with Gasteiger partial charge in [-0.15, -0.1) is 0 Å². The van der Waals surface area contributed by atoms with Gasteiger partial charge in [-0.2, -0.15) is 0 Å². The number of nitrogens with zero attached hydrogens (tertiary/aromatic N) is 1. The first-order valence-corrected chi connectivity index (χ1v) is 4.51. The van der Waals surface area contributed by atoms with Gasteiger partial charge in [0.25, 0.3) is 0 Å². The van der Waals surface area contributed by atoms with Gasteiger partial charge in [0.05, 0.1) is 5.52 Å². The van der Waals surface area contributed by atoms with Gasteiger partial charge >= 0.3 is 0 Å². The Bertz CT molecular complexity index is 488. The normalized spacial score (nSPS) is 11.9. The second-order valence-electron chi connectivity index (χ2n) is 3.09. The molecular formula is C12H11NO. The highest BCUT2D eigenvalue weighted by atomic mass is 16.3. The third kappa shape index (κ3) is 1.46. The van der Waals surface area contributed by atoms with E-state index in [1.807, 2.05) is 30.3 Å². The van der Waals surface area contributed by atoms with E-state index in [0.717, 1.165) is 16.5 Å². The first-order valence-electron chi connectivity index (χ1n) is 4.51. The van der Waals surface area contributed by atoms with Gasteiger partial charge in [-0.05, 0) is 25.1 Å². The number of hydrogen-bond donors (Lipinski definition) is 1. The van der Waals surface area contributed by atoms with Crippen molar-refractivity contribution in [1.29, 1.82) is 0 Å². The summed E-state index contributed by atoms with van der Waals surface area (Å²) >= 11 is 0. The molecule has 70 valence electrons. The summed E-state index contributed by atoms with van der Waals surface area (Å²) in [6, 6.07) is 9.77. The predicted molar refractivity (Wildman–Crippen MR) is 58.0 cm³/mol. The molecule has 0 bridgehead atoms. The first kappa shape index (κ1) is 8.75. The molecule has 0 atom stereocenters. The Morgan fingerprint density at radius 2 is 2.14 bits per heavy atom. The number of aromatic nitrogens is 1. The molecule has 0 aliphatic heterocycles. The van der Waals surface area contributed by atoms with Crippen LogP contribution in [0.2, 0.25) is 0 Å². The topological polar surface area (TPSA) is 33.1 Å². The molecule has 1 aromatic heterocycles. The summed E-state index contributed by atoms with van der Waals surface area (Å²) < 4.78 is 0. The van der Waals surface area contributed by atoms with Crippen LogP contribution < -0.4 is 0 Å². The molecule has 0 aliphatic carbocycles. The molecular weight excluding hydrogens is 174 g/mol. The number of pyridine rings is 1. The highest BCUT2D eigenvalue weighted by molar-refractivity contribution is 5.81. The van der Waals surface area contributed by atoms with Crippen molar-refractivity contribution >= 4 is 16.7 Å². The van der Waals surface area contributed by atoms with Crippen LogP contribution in [0.15, 0.2) is 42.6 Å². The van der Waals surface area contributed by atoms with Crippen molar-refractivity contribution in [2.24, 2.45) is 0 Å². The quantitative estimate of drug-likeness (QED) is 0.692. The lowest BCUT2D eigenvalue weighted by molar-refractivity contribution is 0.510. The molecule has 2 aromatic rings. The van der Waals surface area contributed by atoms with E-state index in [9.17, 15) is 5.11 Å². The molecule has 0 saturated heterocycles. The standard InChI is InChI=1S/C12H11NO/c1-2-12(14)10-7-9-5-3-4-6-11(9)13-8-10/h2-8,14H,1H3. The smallest absolute Gasteiger partial charge is 0.120 e. The largest absolute Gasteiger partial charge is 0.508 e. The molecule has 0 spiro atoms. The van der Waals surface area contributed by atoms with E-state index in [2.05, 4.69) is 4.98 Å². The number of fused-ring (bicyclic) bond motifs is 1. The molecule has 1 aromatic carbocycles. The zero-order valence-electron chi connectivity index (χ0n) is 7.94. The summed E-state index contributed by atoms with van der Waals surface area (Å²) in [5.74, 6) is 0.267. The Labute approximate surface area is 82.5 Å². The van der Waals surface area contributed by atoms with Gasteiger partial charge < -0.3 is 5.11 Å². The fourth-order valence-corrected chi connectivity index (χ4v) is 1.38. The summed E-state index contributed by atoms with van der Waals surface area (Å²) in [4.78, 5) is 4.25. The van der Waals surface area contributed by atoms with Gasteiger partial charge in [-0.1, -0.05) is 18.2 Å².